The summed E-state index contributed by atoms with van der Waals surface area (Å²) < 4.78 is 13.4. The molecule has 0 spiro atoms. The van der Waals surface area contributed by atoms with Crippen molar-refractivity contribution in [2.24, 2.45) is 0 Å². The fourth-order valence-electron chi connectivity index (χ4n) is 1.55. The van der Waals surface area contributed by atoms with Gasteiger partial charge in [0.2, 0.25) is 0 Å². The fraction of sp³-hybridized carbons (Fsp3) is 0.0769. The summed E-state index contributed by atoms with van der Waals surface area (Å²) in [6, 6.07) is 7.58. The first-order chi connectivity index (χ1) is 9.09. The molecule has 0 aliphatic heterocycles. The van der Waals surface area contributed by atoms with Crippen LogP contribution in [0, 0.1) is 5.82 Å². The van der Waals surface area contributed by atoms with Crippen LogP contribution in [0.5, 0.6) is 0 Å². The highest BCUT2D eigenvalue weighted by molar-refractivity contribution is 6.35. The van der Waals surface area contributed by atoms with Crippen LogP contribution in [0.15, 0.2) is 36.5 Å². The van der Waals surface area contributed by atoms with E-state index in [-0.39, 0.29) is 28.8 Å². The molecule has 1 heterocycles. The number of anilines is 1. The molecule has 0 saturated carbocycles. The highest BCUT2D eigenvalue weighted by Gasteiger charge is 2.13. The van der Waals surface area contributed by atoms with Gasteiger partial charge in [0.05, 0.1) is 10.6 Å². The minimum Gasteiger partial charge on any atom is -0.478 e. The van der Waals surface area contributed by atoms with Crippen LogP contribution in [0.4, 0.5) is 10.2 Å². The summed E-state index contributed by atoms with van der Waals surface area (Å²) >= 11 is 5.91. The minimum absolute atomic E-state index is 0.00587. The molecule has 6 heteroatoms. The number of nitrogens with one attached hydrogen (secondary N) is 1. The van der Waals surface area contributed by atoms with E-state index in [0.717, 1.165) is 0 Å². The van der Waals surface area contributed by atoms with E-state index in [4.69, 9.17) is 16.7 Å². The molecule has 0 aliphatic rings. The highest BCUT2D eigenvalue weighted by atomic mass is 35.5. The van der Waals surface area contributed by atoms with Crippen molar-refractivity contribution < 1.29 is 14.3 Å². The second-order valence-corrected chi connectivity index (χ2v) is 4.15. The van der Waals surface area contributed by atoms with Gasteiger partial charge in [-0.25, -0.2) is 14.2 Å². The van der Waals surface area contributed by atoms with Gasteiger partial charge in [0.15, 0.2) is 0 Å². The van der Waals surface area contributed by atoms with Crippen molar-refractivity contribution in [2.75, 3.05) is 5.32 Å². The van der Waals surface area contributed by atoms with Gasteiger partial charge in [-0.05, 0) is 12.1 Å². The van der Waals surface area contributed by atoms with E-state index < -0.39 is 5.97 Å². The van der Waals surface area contributed by atoms with Gasteiger partial charge >= 0.3 is 5.97 Å². The molecule has 19 heavy (non-hydrogen) atoms. The maximum absolute atomic E-state index is 13.4. The number of nitrogens with zero attached hydrogens (tertiary/aromatic N) is 1. The van der Waals surface area contributed by atoms with Crippen molar-refractivity contribution in [2.45, 2.75) is 6.54 Å². The molecule has 4 nitrogen and oxygen atoms in total. The Labute approximate surface area is 113 Å². The van der Waals surface area contributed by atoms with Gasteiger partial charge in [-0.15, -0.1) is 0 Å². The summed E-state index contributed by atoms with van der Waals surface area (Å²) in [5.74, 6) is -1.27. The van der Waals surface area contributed by atoms with Gasteiger partial charge in [0, 0.05) is 18.3 Å². The zero-order valence-corrected chi connectivity index (χ0v) is 10.5. The van der Waals surface area contributed by atoms with E-state index >= 15 is 0 Å². The molecule has 2 rings (SSSR count). The quantitative estimate of drug-likeness (QED) is 0.903. The summed E-state index contributed by atoms with van der Waals surface area (Å²) in [7, 11) is 0. The Balaban J connectivity index is 2.19. The molecule has 0 amide bonds. The molecule has 0 bridgehead atoms. The number of aromatic nitrogens is 1. The van der Waals surface area contributed by atoms with Crippen LogP contribution < -0.4 is 5.32 Å². The SMILES string of the molecule is O=C(O)c1ccnc(NCc2ccccc2F)c1Cl. The van der Waals surface area contributed by atoms with E-state index in [0.29, 0.717) is 5.56 Å². The second-order valence-electron chi connectivity index (χ2n) is 3.77. The van der Waals surface area contributed by atoms with Crippen LogP contribution in [0.25, 0.3) is 0 Å². The monoisotopic (exact) mass is 280 g/mol. The third kappa shape index (κ3) is 3.00. The van der Waals surface area contributed by atoms with E-state index in [1.807, 2.05) is 0 Å². The summed E-state index contributed by atoms with van der Waals surface area (Å²) in [4.78, 5) is 14.8. The number of aromatic carboxylic acids is 1. The molecule has 2 N–H and O–H groups in total. The van der Waals surface area contributed by atoms with Gasteiger partial charge in [-0.1, -0.05) is 29.8 Å². The molecular weight excluding hydrogens is 271 g/mol. The zero-order chi connectivity index (χ0) is 13.8. The predicted molar refractivity (Wildman–Crippen MR) is 69.9 cm³/mol. The lowest BCUT2D eigenvalue weighted by Crippen LogP contribution is -2.06. The summed E-state index contributed by atoms with van der Waals surface area (Å²) in [6.45, 7) is 0.169. The number of rotatable bonds is 4. The third-order valence-electron chi connectivity index (χ3n) is 2.52. The molecule has 1 aromatic carbocycles. The first kappa shape index (κ1) is 13.3. The van der Waals surface area contributed by atoms with E-state index in [1.165, 1.54) is 18.3 Å². The van der Waals surface area contributed by atoms with Gasteiger partial charge in [0.1, 0.15) is 11.6 Å². The molecule has 0 unspecified atom stereocenters. The maximum atomic E-state index is 13.4. The lowest BCUT2D eigenvalue weighted by atomic mass is 10.2. The molecule has 98 valence electrons. The zero-order valence-electron chi connectivity index (χ0n) is 9.73. The number of carbonyl (C=O) groups is 1. The summed E-state index contributed by atoms with van der Waals surface area (Å²) in [6.07, 6.45) is 1.33. The smallest absolute Gasteiger partial charge is 0.337 e. The highest BCUT2D eigenvalue weighted by Crippen LogP contribution is 2.24. The van der Waals surface area contributed by atoms with Gasteiger partial charge in [-0.3, -0.25) is 0 Å². The number of pyridine rings is 1. The average Bonchev–Trinajstić information content (AvgIpc) is 2.39. The summed E-state index contributed by atoms with van der Waals surface area (Å²) in [5.41, 5.74) is 0.397. The molecule has 0 aliphatic carbocycles. The van der Waals surface area contributed by atoms with Gasteiger partial charge in [-0.2, -0.15) is 0 Å². The maximum Gasteiger partial charge on any atom is 0.337 e. The molecule has 0 fully saturated rings. The standard InChI is InChI=1S/C13H10ClFN2O2/c14-11-9(13(18)19)5-6-16-12(11)17-7-8-3-1-2-4-10(8)15/h1-6H,7H2,(H,16,17)(H,18,19). The van der Waals surface area contributed by atoms with Crippen molar-refractivity contribution in [3.63, 3.8) is 0 Å². The van der Waals surface area contributed by atoms with Crippen molar-refractivity contribution >= 4 is 23.4 Å². The van der Waals surface area contributed by atoms with Crippen molar-refractivity contribution in [1.82, 2.24) is 4.98 Å². The Morgan fingerprint density at radius 2 is 2.11 bits per heavy atom. The number of hydrogen-bond acceptors (Lipinski definition) is 3. The van der Waals surface area contributed by atoms with Crippen molar-refractivity contribution in [3.05, 3.63) is 58.5 Å². The van der Waals surface area contributed by atoms with Crippen LogP contribution in [0.1, 0.15) is 15.9 Å². The lowest BCUT2D eigenvalue weighted by molar-refractivity contribution is 0.0697. The molecule has 2 aromatic rings. The second kappa shape index (κ2) is 5.67. The van der Waals surface area contributed by atoms with Gasteiger partial charge in [0.25, 0.3) is 0 Å². The average molecular weight is 281 g/mol. The fourth-order valence-corrected chi connectivity index (χ4v) is 1.81. The molecule has 0 radical (unpaired) electrons. The van der Waals surface area contributed by atoms with Crippen LogP contribution >= 0.6 is 11.6 Å². The molecule has 0 saturated heterocycles. The number of carboxylic acids is 1. The van der Waals surface area contributed by atoms with Crippen molar-refractivity contribution in [1.29, 1.82) is 0 Å². The van der Waals surface area contributed by atoms with Crippen LogP contribution in [-0.2, 0) is 6.54 Å². The van der Waals surface area contributed by atoms with E-state index in [1.54, 1.807) is 18.2 Å². The first-order valence-corrected chi connectivity index (χ1v) is 5.82. The number of carboxylic acid groups (broad SMARTS) is 1. The predicted octanol–water partition coefficient (Wildman–Crippen LogP) is 3.18. The van der Waals surface area contributed by atoms with E-state index in [9.17, 15) is 9.18 Å². The normalized spacial score (nSPS) is 10.2. The largest absolute Gasteiger partial charge is 0.478 e. The lowest BCUT2D eigenvalue weighted by Gasteiger charge is -2.09. The van der Waals surface area contributed by atoms with Crippen LogP contribution in [-0.4, -0.2) is 16.1 Å². The number of halogens is 2. The molecule has 0 atom stereocenters. The topological polar surface area (TPSA) is 62.2 Å². The first-order valence-electron chi connectivity index (χ1n) is 5.44. The number of hydrogen-bond donors (Lipinski definition) is 2. The third-order valence-corrected chi connectivity index (χ3v) is 2.91. The minimum atomic E-state index is -1.14. The Morgan fingerprint density at radius 1 is 1.37 bits per heavy atom. The van der Waals surface area contributed by atoms with E-state index in [2.05, 4.69) is 10.3 Å². The Morgan fingerprint density at radius 3 is 2.79 bits per heavy atom. The molecular formula is C13H10ClFN2O2. The van der Waals surface area contributed by atoms with Crippen molar-refractivity contribution in [3.8, 4) is 0 Å². The Kier molecular flexibility index (Phi) is 3.97. The Bertz CT molecular complexity index is 619. The number of benzene rings is 1. The molecule has 1 aromatic heterocycles. The van der Waals surface area contributed by atoms with Gasteiger partial charge < -0.3 is 10.4 Å². The Hall–Kier alpha value is -2.14. The van der Waals surface area contributed by atoms with Crippen LogP contribution in [0.3, 0.4) is 0 Å². The summed E-state index contributed by atoms with van der Waals surface area (Å²) in [5, 5.41) is 11.7. The van der Waals surface area contributed by atoms with Crippen LogP contribution in [0.2, 0.25) is 5.02 Å².